The molecule has 3 N–H and O–H groups in total. The maximum atomic E-state index is 5.86. The summed E-state index contributed by atoms with van der Waals surface area (Å²) in [7, 11) is 0. The summed E-state index contributed by atoms with van der Waals surface area (Å²) in [5.41, 5.74) is 7.11. The van der Waals surface area contributed by atoms with Gasteiger partial charge in [0.2, 0.25) is 0 Å². The van der Waals surface area contributed by atoms with Gasteiger partial charge in [-0.15, -0.1) is 0 Å². The van der Waals surface area contributed by atoms with Crippen LogP contribution in [0, 0.1) is 5.92 Å². The van der Waals surface area contributed by atoms with Crippen molar-refractivity contribution in [2.75, 3.05) is 13.1 Å². The van der Waals surface area contributed by atoms with Gasteiger partial charge in [0.25, 0.3) is 0 Å². The van der Waals surface area contributed by atoms with Crippen molar-refractivity contribution in [1.29, 1.82) is 0 Å². The highest BCUT2D eigenvalue weighted by Crippen LogP contribution is 2.24. The zero-order valence-electron chi connectivity index (χ0n) is 10.2. The van der Waals surface area contributed by atoms with Crippen LogP contribution in [0.5, 0.6) is 0 Å². The Hall–Kier alpha value is -0.570. The van der Waals surface area contributed by atoms with Gasteiger partial charge in [-0.25, -0.2) is 0 Å². The Kier molecular flexibility index (Phi) is 4.84. The van der Waals surface area contributed by atoms with Crippen LogP contribution in [0.4, 0.5) is 0 Å². The lowest BCUT2D eigenvalue weighted by atomic mass is 10.0. The fraction of sp³-hybridized carbons (Fsp3) is 0.571. The first kappa shape index (κ1) is 12.9. The Morgan fingerprint density at radius 2 is 2.00 bits per heavy atom. The molecule has 17 heavy (non-hydrogen) atoms. The van der Waals surface area contributed by atoms with Gasteiger partial charge in [-0.1, -0.05) is 30.2 Å². The third-order valence-electron chi connectivity index (χ3n) is 3.70. The smallest absolute Gasteiger partial charge is 0.0406 e. The Labute approximate surface area is 109 Å². The zero-order valence-corrected chi connectivity index (χ0v) is 10.9. The first-order valence-corrected chi connectivity index (χ1v) is 6.85. The van der Waals surface area contributed by atoms with Crippen LogP contribution in [0.3, 0.4) is 0 Å². The van der Waals surface area contributed by atoms with Crippen LogP contribution in [0.25, 0.3) is 0 Å². The van der Waals surface area contributed by atoms with Crippen molar-refractivity contribution in [1.82, 2.24) is 5.32 Å². The summed E-state index contributed by atoms with van der Waals surface area (Å²) in [6.07, 6.45) is 4.95. The third-order valence-corrected chi connectivity index (χ3v) is 3.95. The van der Waals surface area contributed by atoms with E-state index in [2.05, 4.69) is 17.4 Å². The van der Waals surface area contributed by atoms with Gasteiger partial charge in [0.15, 0.2) is 0 Å². The predicted octanol–water partition coefficient (Wildman–Crippen LogP) is 2.60. The first-order chi connectivity index (χ1) is 8.29. The topological polar surface area (TPSA) is 38.0 Å². The van der Waals surface area contributed by atoms with Crippen LogP contribution in [-0.2, 0) is 6.42 Å². The molecule has 1 fully saturated rings. The van der Waals surface area contributed by atoms with Crippen LogP contribution < -0.4 is 11.1 Å². The normalized spacial score (nSPS) is 24.1. The SMILES string of the molecule is NCC1CCCC1NCCc1ccc(Cl)cc1. The molecule has 0 heterocycles. The average molecular weight is 253 g/mol. The van der Waals surface area contributed by atoms with E-state index in [9.17, 15) is 0 Å². The molecule has 3 heteroatoms. The molecule has 1 aliphatic rings. The van der Waals surface area contributed by atoms with Crippen molar-refractivity contribution in [3.8, 4) is 0 Å². The van der Waals surface area contributed by atoms with Gasteiger partial charge < -0.3 is 11.1 Å². The van der Waals surface area contributed by atoms with Crippen LogP contribution in [0.1, 0.15) is 24.8 Å². The summed E-state index contributed by atoms with van der Waals surface area (Å²) in [5, 5.41) is 4.44. The molecule has 1 aromatic rings. The molecule has 94 valence electrons. The number of halogens is 1. The molecule has 0 spiro atoms. The maximum absolute atomic E-state index is 5.86. The van der Waals surface area contributed by atoms with Crippen molar-refractivity contribution in [3.05, 3.63) is 34.9 Å². The summed E-state index contributed by atoms with van der Waals surface area (Å²) in [6, 6.07) is 8.73. The molecule has 0 aliphatic heterocycles. The highest BCUT2D eigenvalue weighted by molar-refractivity contribution is 6.30. The Morgan fingerprint density at radius 3 is 2.71 bits per heavy atom. The summed E-state index contributed by atoms with van der Waals surface area (Å²) in [6.45, 7) is 1.85. The van der Waals surface area contributed by atoms with E-state index in [0.717, 1.165) is 24.5 Å². The fourth-order valence-corrected chi connectivity index (χ4v) is 2.77. The monoisotopic (exact) mass is 252 g/mol. The van der Waals surface area contributed by atoms with E-state index in [-0.39, 0.29) is 0 Å². The highest BCUT2D eigenvalue weighted by Gasteiger charge is 2.24. The lowest BCUT2D eigenvalue weighted by Crippen LogP contribution is -2.37. The molecule has 1 saturated carbocycles. The molecule has 0 radical (unpaired) electrons. The van der Waals surface area contributed by atoms with E-state index in [0.29, 0.717) is 12.0 Å². The number of nitrogens with two attached hydrogens (primary N) is 1. The minimum Gasteiger partial charge on any atom is -0.330 e. The minimum absolute atomic E-state index is 0.632. The maximum Gasteiger partial charge on any atom is 0.0406 e. The molecular weight excluding hydrogens is 232 g/mol. The van der Waals surface area contributed by atoms with Gasteiger partial charge in [-0.3, -0.25) is 0 Å². The predicted molar refractivity (Wildman–Crippen MR) is 73.3 cm³/mol. The highest BCUT2D eigenvalue weighted by atomic mass is 35.5. The van der Waals surface area contributed by atoms with Crippen LogP contribution >= 0.6 is 11.6 Å². The number of hydrogen-bond acceptors (Lipinski definition) is 2. The van der Waals surface area contributed by atoms with Crippen molar-refractivity contribution < 1.29 is 0 Å². The Bertz CT molecular complexity index is 337. The van der Waals surface area contributed by atoms with E-state index in [1.54, 1.807) is 0 Å². The molecule has 0 amide bonds. The molecule has 1 aliphatic carbocycles. The Morgan fingerprint density at radius 1 is 1.24 bits per heavy atom. The number of benzene rings is 1. The van der Waals surface area contributed by atoms with Crippen LogP contribution in [-0.4, -0.2) is 19.1 Å². The third kappa shape index (κ3) is 3.70. The van der Waals surface area contributed by atoms with Gasteiger partial charge in [0, 0.05) is 11.1 Å². The molecule has 0 bridgehead atoms. The average Bonchev–Trinajstić information content (AvgIpc) is 2.79. The van der Waals surface area contributed by atoms with Crippen molar-refractivity contribution in [2.45, 2.75) is 31.7 Å². The summed E-state index contributed by atoms with van der Waals surface area (Å²) < 4.78 is 0. The minimum atomic E-state index is 0.632. The number of nitrogens with one attached hydrogen (secondary N) is 1. The molecule has 2 atom stereocenters. The molecule has 2 rings (SSSR count). The van der Waals surface area contributed by atoms with E-state index in [1.165, 1.54) is 24.8 Å². The zero-order chi connectivity index (χ0) is 12.1. The van der Waals surface area contributed by atoms with Crippen LogP contribution in [0.2, 0.25) is 5.02 Å². The summed E-state index contributed by atoms with van der Waals surface area (Å²) >= 11 is 5.86. The lowest BCUT2D eigenvalue weighted by Gasteiger charge is -2.19. The van der Waals surface area contributed by atoms with Gasteiger partial charge in [0.1, 0.15) is 0 Å². The molecule has 2 nitrogen and oxygen atoms in total. The van der Waals surface area contributed by atoms with E-state index in [1.807, 2.05) is 12.1 Å². The molecule has 1 aromatic carbocycles. The standard InChI is InChI=1S/C14H21ClN2/c15-13-6-4-11(5-7-13)8-9-17-14-3-1-2-12(14)10-16/h4-7,12,14,17H,1-3,8-10,16H2. The van der Waals surface area contributed by atoms with Gasteiger partial charge in [-0.2, -0.15) is 0 Å². The van der Waals surface area contributed by atoms with Crippen molar-refractivity contribution >= 4 is 11.6 Å². The van der Waals surface area contributed by atoms with Gasteiger partial charge >= 0.3 is 0 Å². The fourth-order valence-electron chi connectivity index (χ4n) is 2.64. The Balaban J connectivity index is 1.74. The lowest BCUT2D eigenvalue weighted by molar-refractivity contribution is 0.410. The van der Waals surface area contributed by atoms with Crippen molar-refractivity contribution in [3.63, 3.8) is 0 Å². The molecule has 2 unspecified atom stereocenters. The second-order valence-electron chi connectivity index (χ2n) is 4.86. The number of rotatable bonds is 5. The molecule has 0 aromatic heterocycles. The van der Waals surface area contributed by atoms with Crippen molar-refractivity contribution in [2.24, 2.45) is 11.7 Å². The van der Waals surface area contributed by atoms with Gasteiger partial charge in [-0.05, 0) is 56.0 Å². The van der Waals surface area contributed by atoms with E-state index >= 15 is 0 Å². The largest absolute Gasteiger partial charge is 0.330 e. The van der Waals surface area contributed by atoms with E-state index in [4.69, 9.17) is 17.3 Å². The second-order valence-corrected chi connectivity index (χ2v) is 5.30. The molecule has 0 saturated heterocycles. The summed E-state index contributed by atoms with van der Waals surface area (Å²) in [5.74, 6) is 0.681. The number of hydrogen-bond donors (Lipinski definition) is 2. The summed E-state index contributed by atoms with van der Waals surface area (Å²) in [4.78, 5) is 0. The molecular formula is C14H21ClN2. The second kappa shape index (κ2) is 6.39. The van der Waals surface area contributed by atoms with Gasteiger partial charge in [0.05, 0.1) is 0 Å². The quantitative estimate of drug-likeness (QED) is 0.846. The first-order valence-electron chi connectivity index (χ1n) is 6.47. The van der Waals surface area contributed by atoms with E-state index < -0.39 is 0 Å². The van der Waals surface area contributed by atoms with Crippen LogP contribution in [0.15, 0.2) is 24.3 Å².